The Morgan fingerprint density at radius 2 is 2.12 bits per heavy atom. The van der Waals surface area contributed by atoms with Gasteiger partial charge in [0.2, 0.25) is 10.0 Å². The molecule has 0 fully saturated rings. The van der Waals surface area contributed by atoms with Crippen LogP contribution in [0.2, 0.25) is 0 Å². The third-order valence-corrected chi connectivity index (χ3v) is 3.12. The number of hydrogen-bond acceptors (Lipinski definition) is 5. The summed E-state index contributed by atoms with van der Waals surface area (Å²) < 4.78 is 22.1. The van der Waals surface area contributed by atoms with Gasteiger partial charge in [0.25, 0.3) is 5.69 Å². The molecule has 0 amide bonds. The summed E-state index contributed by atoms with van der Waals surface area (Å²) in [6.45, 7) is 0.0100. The average molecular weight is 324 g/mol. The third-order valence-electron chi connectivity index (χ3n) is 1.86. The molecule has 7 nitrogen and oxygen atoms in total. The summed E-state index contributed by atoms with van der Waals surface area (Å²) in [5.74, 6) is -0.295. The second-order valence-electron chi connectivity index (χ2n) is 3.21. The summed E-state index contributed by atoms with van der Waals surface area (Å²) >= 11 is 3.17. The minimum Gasteiger partial charge on any atom is -0.378 e. The Labute approximate surface area is 106 Å². The lowest BCUT2D eigenvalue weighted by Gasteiger charge is -2.06. The van der Waals surface area contributed by atoms with Crippen molar-refractivity contribution in [2.45, 2.75) is 0 Å². The summed E-state index contributed by atoms with van der Waals surface area (Å²) in [6.07, 6.45) is 0. The summed E-state index contributed by atoms with van der Waals surface area (Å²) in [5.41, 5.74) is 0.121. The van der Waals surface area contributed by atoms with Crippen molar-refractivity contribution in [3.05, 3.63) is 32.8 Å². The molecule has 0 saturated carbocycles. The van der Waals surface area contributed by atoms with E-state index >= 15 is 0 Å². The number of nitrogens with one attached hydrogen (secondary N) is 1. The number of sulfonamides is 1. The predicted octanol–water partition coefficient (Wildman–Crippen LogP) is 1.06. The van der Waals surface area contributed by atoms with Gasteiger partial charge in [-0.1, -0.05) is 15.9 Å². The Morgan fingerprint density at radius 1 is 1.47 bits per heavy atom. The largest absolute Gasteiger partial charge is 0.378 e. The van der Waals surface area contributed by atoms with Crippen LogP contribution in [0.5, 0.6) is 0 Å². The smallest absolute Gasteiger partial charge is 0.292 e. The summed E-state index contributed by atoms with van der Waals surface area (Å²) in [7, 11) is -3.58. The highest BCUT2D eigenvalue weighted by molar-refractivity contribution is 9.10. The van der Waals surface area contributed by atoms with Crippen molar-refractivity contribution in [3.63, 3.8) is 0 Å². The highest BCUT2D eigenvalue weighted by atomic mass is 79.9. The second kappa shape index (κ2) is 5.43. The van der Waals surface area contributed by atoms with Crippen molar-refractivity contribution in [2.24, 2.45) is 5.14 Å². The van der Waals surface area contributed by atoms with Crippen LogP contribution in [-0.4, -0.2) is 25.6 Å². The van der Waals surface area contributed by atoms with Gasteiger partial charge in [-0.25, -0.2) is 13.6 Å². The highest BCUT2D eigenvalue weighted by Gasteiger charge is 2.13. The molecule has 0 saturated heterocycles. The molecule has 0 aromatic heterocycles. The molecule has 17 heavy (non-hydrogen) atoms. The molecule has 9 heteroatoms. The van der Waals surface area contributed by atoms with E-state index in [-0.39, 0.29) is 23.7 Å². The first-order chi connectivity index (χ1) is 7.79. The van der Waals surface area contributed by atoms with E-state index in [0.29, 0.717) is 4.47 Å². The maximum atomic E-state index is 10.7. The van der Waals surface area contributed by atoms with E-state index in [1.807, 2.05) is 0 Å². The van der Waals surface area contributed by atoms with Gasteiger partial charge in [-0.3, -0.25) is 10.1 Å². The quantitative estimate of drug-likeness (QED) is 0.620. The van der Waals surface area contributed by atoms with Crippen molar-refractivity contribution in [1.29, 1.82) is 0 Å². The van der Waals surface area contributed by atoms with Crippen LogP contribution in [0.3, 0.4) is 0 Å². The van der Waals surface area contributed by atoms with Crippen LogP contribution in [0, 0.1) is 10.1 Å². The molecule has 1 aromatic carbocycles. The third kappa shape index (κ3) is 4.67. The fourth-order valence-corrected chi connectivity index (χ4v) is 1.88. The van der Waals surface area contributed by atoms with Crippen molar-refractivity contribution in [1.82, 2.24) is 0 Å². The number of halogens is 1. The van der Waals surface area contributed by atoms with E-state index in [1.54, 1.807) is 0 Å². The van der Waals surface area contributed by atoms with E-state index in [0.717, 1.165) is 0 Å². The molecule has 0 aliphatic heterocycles. The van der Waals surface area contributed by atoms with E-state index in [9.17, 15) is 18.5 Å². The van der Waals surface area contributed by atoms with Crippen molar-refractivity contribution in [2.75, 3.05) is 17.6 Å². The summed E-state index contributed by atoms with van der Waals surface area (Å²) in [4.78, 5) is 10.2. The molecule has 0 unspecified atom stereocenters. The Kier molecular flexibility index (Phi) is 4.43. The van der Waals surface area contributed by atoms with Crippen LogP contribution in [-0.2, 0) is 10.0 Å². The topological polar surface area (TPSA) is 115 Å². The minimum atomic E-state index is -3.58. The zero-order valence-corrected chi connectivity index (χ0v) is 11.0. The number of nitrogens with zero attached hydrogens (tertiary/aromatic N) is 1. The van der Waals surface area contributed by atoms with Crippen molar-refractivity contribution >= 4 is 37.3 Å². The molecular weight excluding hydrogens is 314 g/mol. The molecule has 0 radical (unpaired) electrons. The molecule has 0 bridgehead atoms. The Balaban J connectivity index is 2.82. The van der Waals surface area contributed by atoms with Crippen LogP contribution < -0.4 is 10.5 Å². The molecule has 0 atom stereocenters. The molecule has 3 N–H and O–H groups in total. The predicted molar refractivity (Wildman–Crippen MR) is 67.3 cm³/mol. The monoisotopic (exact) mass is 323 g/mol. The number of primary sulfonamides is 1. The van der Waals surface area contributed by atoms with Crippen LogP contribution in [0.4, 0.5) is 11.4 Å². The zero-order chi connectivity index (χ0) is 13.1. The molecule has 1 aromatic rings. The number of nitro groups is 1. The lowest BCUT2D eigenvalue weighted by molar-refractivity contribution is -0.384. The molecule has 0 heterocycles. The van der Waals surface area contributed by atoms with Crippen molar-refractivity contribution in [3.8, 4) is 0 Å². The van der Waals surface area contributed by atoms with E-state index in [4.69, 9.17) is 5.14 Å². The normalized spacial score (nSPS) is 11.2. The van der Waals surface area contributed by atoms with Crippen LogP contribution in [0.25, 0.3) is 0 Å². The van der Waals surface area contributed by atoms with E-state index in [1.165, 1.54) is 18.2 Å². The Morgan fingerprint density at radius 3 is 2.65 bits per heavy atom. The number of nitrogens with two attached hydrogens (primary N) is 1. The maximum Gasteiger partial charge on any atom is 0.292 e. The number of rotatable bonds is 5. The Bertz CT molecular complexity index is 532. The van der Waals surface area contributed by atoms with Gasteiger partial charge in [-0.05, 0) is 12.1 Å². The van der Waals surface area contributed by atoms with Crippen LogP contribution in [0.15, 0.2) is 22.7 Å². The first kappa shape index (κ1) is 13.9. The van der Waals surface area contributed by atoms with Gasteiger partial charge in [0.1, 0.15) is 5.69 Å². The van der Waals surface area contributed by atoms with E-state index < -0.39 is 14.9 Å². The zero-order valence-electron chi connectivity index (χ0n) is 8.59. The number of anilines is 1. The molecule has 0 spiro atoms. The fraction of sp³-hybridized carbons (Fsp3) is 0.250. The maximum absolute atomic E-state index is 10.7. The van der Waals surface area contributed by atoms with Gasteiger partial charge < -0.3 is 5.32 Å². The first-order valence-corrected chi connectivity index (χ1v) is 6.99. The number of benzene rings is 1. The van der Waals surface area contributed by atoms with Crippen LogP contribution >= 0.6 is 15.9 Å². The molecule has 1 rings (SSSR count). The van der Waals surface area contributed by atoms with E-state index in [2.05, 4.69) is 21.2 Å². The average Bonchev–Trinajstić information content (AvgIpc) is 2.15. The van der Waals surface area contributed by atoms with Crippen molar-refractivity contribution < 1.29 is 13.3 Å². The van der Waals surface area contributed by atoms with Gasteiger partial charge in [-0.15, -0.1) is 0 Å². The first-order valence-electron chi connectivity index (χ1n) is 4.48. The van der Waals surface area contributed by atoms with Gasteiger partial charge in [-0.2, -0.15) is 0 Å². The standard InChI is InChI=1S/C8H10BrN3O4S/c9-6-1-2-8(12(13)14)7(5-6)11-3-4-17(10,15)16/h1-2,5,11H,3-4H2,(H2,10,15,16). The number of nitro benzene ring substituents is 1. The van der Waals surface area contributed by atoms with Gasteiger partial charge in [0.05, 0.1) is 10.7 Å². The highest BCUT2D eigenvalue weighted by Crippen LogP contribution is 2.27. The fourth-order valence-electron chi connectivity index (χ4n) is 1.14. The second-order valence-corrected chi connectivity index (χ2v) is 5.86. The lowest BCUT2D eigenvalue weighted by Crippen LogP contribution is -2.22. The van der Waals surface area contributed by atoms with Crippen LogP contribution in [0.1, 0.15) is 0 Å². The van der Waals surface area contributed by atoms with Gasteiger partial charge in [0, 0.05) is 17.1 Å². The molecule has 94 valence electrons. The lowest BCUT2D eigenvalue weighted by atomic mass is 10.2. The van der Waals surface area contributed by atoms with Gasteiger partial charge >= 0.3 is 0 Å². The number of hydrogen-bond donors (Lipinski definition) is 2. The SMILES string of the molecule is NS(=O)(=O)CCNc1cc(Br)ccc1[N+](=O)[O-]. The summed E-state index contributed by atoms with van der Waals surface area (Å²) in [6, 6.07) is 4.35. The minimum absolute atomic E-state index is 0.0100. The summed E-state index contributed by atoms with van der Waals surface area (Å²) in [5, 5.41) is 18.2. The van der Waals surface area contributed by atoms with Gasteiger partial charge in [0.15, 0.2) is 0 Å². The molecule has 0 aliphatic carbocycles. The molecule has 0 aliphatic rings. The molecular formula is C8H10BrN3O4S. The Hall–Kier alpha value is -1.19.